The van der Waals surface area contributed by atoms with Crippen LogP contribution in [0.3, 0.4) is 0 Å². The van der Waals surface area contributed by atoms with Crippen molar-refractivity contribution in [3.05, 3.63) is 0 Å². The minimum atomic E-state index is -0.416. The molecule has 1 saturated heterocycles. The van der Waals surface area contributed by atoms with Crippen molar-refractivity contribution in [3.8, 4) is 0 Å². The summed E-state index contributed by atoms with van der Waals surface area (Å²) >= 11 is 0. The lowest BCUT2D eigenvalue weighted by molar-refractivity contribution is -0.144. The Balaban J connectivity index is 2.59. The monoisotopic (exact) mass is 298 g/mol. The van der Waals surface area contributed by atoms with Crippen LogP contribution in [0.1, 0.15) is 52.9 Å². The van der Waals surface area contributed by atoms with Crippen LogP contribution in [0.15, 0.2) is 0 Å². The van der Waals surface area contributed by atoms with Gasteiger partial charge in [-0.3, -0.25) is 14.9 Å². The van der Waals surface area contributed by atoms with Gasteiger partial charge in [-0.05, 0) is 32.1 Å². The van der Waals surface area contributed by atoms with E-state index in [2.05, 4.69) is 19.2 Å². The van der Waals surface area contributed by atoms with Crippen molar-refractivity contribution in [2.45, 2.75) is 65.0 Å². The topological polar surface area (TPSA) is 58.6 Å². The third-order valence-electron chi connectivity index (χ3n) is 3.93. The highest BCUT2D eigenvalue weighted by atomic mass is 16.5. The fraction of sp³-hybridized carbons (Fsp3) is 0.875. The Morgan fingerprint density at radius 3 is 2.14 bits per heavy atom. The number of hydrogen-bond acceptors (Lipinski definition) is 4. The molecule has 0 spiro atoms. The lowest BCUT2D eigenvalue weighted by Crippen LogP contribution is -2.51. The first kappa shape index (κ1) is 18.0. The molecule has 2 atom stereocenters. The van der Waals surface area contributed by atoms with Crippen LogP contribution in [-0.4, -0.2) is 49.1 Å². The van der Waals surface area contributed by atoms with Gasteiger partial charge < -0.3 is 9.64 Å². The first-order chi connectivity index (χ1) is 9.95. The normalized spacial score (nSPS) is 19.0. The van der Waals surface area contributed by atoms with Gasteiger partial charge >= 0.3 is 5.97 Å². The SMILES string of the molecule is COC(=O)C(CC(C)C)NC(C)C(=O)N1CCCCCC1. The second-order valence-corrected chi connectivity index (χ2v) is 6.33. The summed E-state index contributed by atoms with van der Waals surface area (Å²) in [7, 11) is 1.39. The van der Waals surface area contributed by atoms with E-state index in [1.165, 1.54) is 20.0 Å². The Kier molecular flexibility index (Phi) is 7.72. The Bertz CT molecular complexity index is 336. The highest BCUT2D eigenvalue weighted by Gasteiger charge is 2.27. The van der Waals surface area contributed by atoms with E-state index in [4.69, 9.17) is 4.74 Å². The molecule has 1 aliphatic rings. The molecule has 0 aliphatic carbocycles. The molecule has 1 amide bonds. The van der Waals surface area contributed by atoms with Gasteiger partial charge in [0, 0.05) is 13.1 Å². The maximum atomic E-state index is 12.5. The van der Waals surface area contributed by atoms with Crippen LogP contribution in [0.2, 0.25) is 0 Å². The number of ether oxygens (including phenoxy) is 1. The molecular formula is C16H30N2O3. The van der Waals surface area contributed by atoms with Crippen LogP contribution in [-0.2, 0) is 14.3 Å². The zero-order valence-corrected chi connectivity index (χ0v) is 13.9. The lowest BCUT2D eigenvalue weighted by atomic mass is 10.0. The predicted molar refractivity (Wildman–Crippen MR) is 82.9 cm³/mol. The molecule has 2 unspecified atom stereocenters. The molecule has 0 aromatic carbocycles. The van der Waals surface area contributed by atoms with Crippen molar-refractivity contribution in [2.75, 3.05) is 20.2 Å². The van der Waals surface area contributed by atoms with Crippen LogP contribution in [0.25, 0.3) is 0 Å². The van der Waals surface area contributed by atoms with Crippen molar-refractivity contribution < 1.29 is 14.3 Å². The lowest BCUT2D eigenvalue weighted by Gasteiger charge is -2.27. The third-order valence-corrected chi connectivity index (χ3v) is 3.93. The van der Waals surface area contributed by atoms with E-state index in [0.29, 0.717) is 12.3 Å². The molecule has 1 N–H and O–H groups in total. The fourth-order valence-electron chi connectivity index (χ4n) is 2.78. The molecule has 1 aliphatic heterocycles. The number of hydrogen-bond donors (Lipinski definition) is 1. The van der Waals surface area contributed by atoms with Crippen LogP contribution in [0, 0.1) is 5.92 Å². The van der Waals surface area contributed by atoms with Crippen molar-refractivity contribution in [1.82, 2.24) is 10.2 Å². The van der Waals surface area contributed by atoms with Gasteiger partial charge in [0.2, 0.25) is 5.91 Å². The van der Waals surface area contributed by atoms with E-state index in [1.807, 2.05) is 11.8 Å². The smallest absolute Gasteiger partial charge is 0.322 e. The van der Waals surface area contributed by atoms with Gasteiger partial charge in [-0.2, -0.15) is 0 Å². The number of likely N-dealkylation sites (tertiary alicyclic amines) is 1. The van der Waals surface area contributed by atoms with E-state index in [-0.39, 0.29) is 17.9 Å². The van der Waals surface area contributed by atoms with Gasteiger partial charge in [-0.25, -0.2) is 0 Å². The van der Waals surface area contributed by atoms with E-state index in [0.717, 1.165) is 25.9 Å². The number of rotatable bonds is 6. The first-order valence-corrected chi connectivity index (χ1v) is 8.08. The summed E-state index contributed by atoms with van der Waals surface area (Å²) in [5.74, 6) is 0.163. The highest BCUT2D eigenvalue weighted by molar-refractivity contribution is 5.83. The summed E-state index contributed by atoms with van der Waals surface area (Å²) in [5.41, 5.74) is 0. The molecular weight excluding hydrogens is 268 g/mol. The van der Waals surface area contributed by atoms with E-state index >= 15 is 0 Å². The van der Waals surface area contributed by atoms with Crippen LogP contribution in [0.5, 0.6) is 0 Å². The summed E-state index contributed by atoms with van der Waals surface area (Å²) in [4.78, 5) is 26.2. The largest absolute Gasteiger partial charge is 0.468 e. The Morgan fingerprint density at radius 1 is 1.10 bits per heavy atom. The molecule has 0 saturated carbocycles. The Morgan fingerprint density at radius 2 is 1.67 bits per heavy atom. The second kappa shape index (κ2) is 9.03. The average Bonchev–Trinajstić information content (AvgIpc) is 2.73. The zero-order valence-electron chi connectivity index (χ0n) is 13.9. The highest BCUT2D eigenvalue weighted by Crippen LogP contribution is 2.12. The molecule has 0 radical (unpaired) electrons. The number of carbonyl (C=O) groups is 2. The summed E-state index contributed by atoms with van der Waals surface area (Å²) in [6.07, 6.45) is 5.22. The number of methoxy groups -OCH3 is 1. The summed E-state index contributed by atoms with van der Waals surface area (Å²) in [5, 5.41) is 3.15. The summed E-state index contributed by atoms with van der Waals surface area (Å²) in [6.45, 7) is 7.61. The van der Waals surface area contributed by atoms with Crippen molar-refractivity contribution in [2.24, 2.45) is 5.92 Å². The molecule has 0 aromatic heterocycles. The van der Waals surface area contributed by atoms with Crippen LogP contribution >= 0.6 is 0 Å². The number of amides is 1. The van der Waals surface area contributed by atoms with Gasteiger partial charge in [0.05, 0.1) is 13.2 Å². The predicted octanol–water partition coefficient (Wildman–Crippen LogP) is 1.95. The van der Waals surface area contributed by atoms with E-state index in [9.17, 15) is 9.59 Å². The average molecular weight is 298 g/mol. The fourth-order valence-corrected chi connectivity index (χ4v) is 2.78. The molecule has 1 heterocycles. The van der Waals surface area contributed by atoms with Gasteiger partial charge in [0.1, 0.15) is 6.04 Å². The van der Waals surface area contributed by atoms with Gasteiger partial charge in [-0.1, -0.05) is 26.7 Å². The van der Waals surface area contributed by atoms with Crippen LogP contribution < -0.4 is 5.32 Å². The van der Waals surface area contributed by atoms with Crippen molar-refractivity contribution in [1.29, 1.82) is 0 Å². The molecule has 5 nitrogen and oxygen atoms in total. The van der Waals surface area contributed by atoms with Gasteiger partial charge in [0.15, 0.2) is 0 Å². The van der Waals surface area contributed by atoms with Crippen molar-refractivity contribution >= 4 is 11.9 Å². The Labute approximate surface area is 128 Å². The van der Waals surface area contributed by atoms with Crippen molar-refractivity contribution in [3.63, 3.8) is 0 Å². The molecule has 122 valence electrons. The maximum Gasteiger partial charge on any atom is 0.322 e. The number of nitrogens with zero attached hydrogens (tertiary/aromatic N) is 1. The molecule has 5 heteroatoms. The second-order valence-electron chi connectivity index (χ2n) is 6.33. The quantitative estimate of drug-likeness (QED) is 0.762. The summed E-state index contributed by atoms with van der Waals surface area (Å²) in [6, 6.07) is -0.771. The standard InChI is InChI=1S/C16H30N2O3/c1-12(2)11-14(16(20)21-4)17-13(3)15(19)18-9-7-5-6-8-10-18/h12-14,17H,5-11H2,1-4H3. The molecule has 1 fully saturated rings. The Hall–Kier alpha value is -1.10. The van der Waals surface area contributed by atoms with E-state index in [1.54, 1.807) is 0 Å². The molecule has 1 rings (SSSR count). The number of nitrogens with one attached hydrogen (secondary N) is 1. The van der Waals surface area contributed by atoms with Gasteiger partial charge in [0.25, 0.3) is 0 Å². The van der Waals surface area contributed by atoms with Gasteiger partial charge in [-0.15, -0.1) is 0 Å². The minimum Gasteiger partial charge on any atom is -0.468 e. The number of esters is 1. The van der Waals surface area contributed by atoms with Crippen LogP contribution in [0.4, 0.5) is 0 Å². The third kappa shape index (κ3) is 6.04. The molecule has 0 aromatic rings. The molecule has 0 bridgehead atoms. The first-order valence-electron chi connectivity index (χ1n) is 8.08. The number of carbonyl (C=O) groups excluding carboxylic acids is 2. The zero-order chi connectivity index (χ0) is 15.8. The minimum absolute atomic E-state index is 0.0922. The van der Waals surface area contributed by atoms with E-state index < -0.39 is 6.04 Å². The summed E-state index contributed by atoms with van der Waals surface area (Å²) < 4.78 is 4.83. The maximum absolute atomic E-state index is 12.5. The molecule has 21 heavy (non-hydrogen) atoms.